The Bertz CT molecular complexity index is 748. The summed E-state index contributed by atoms with van der Waals surface area (Å²) in [4.78, 5) is 0. The van der Waals surface area contributed by atoms with Crippen LogP contribution < -0.4 is 4.74 Å². The fourth-order valence-corrected chi connectivity index (χ4v) is 5.11. The molecular weight excluding hydrogens is 404 g/mol. The van der Waals surface area contributed by atoms with Crippen molar-refractivity contribution < 1.29 is 4.74 Å². The molecule has 1 aliphatic rings. The predicted octanol–water partition coefficient (Wildman–Crippen LogP) is 8.81. The molecule has 0 aliphatic heterocycles. The zero-order valence-corrected chi connectivity index (χ0v) is 21.2. The maximum atomic E-state index is 5.81. The highest BCUT2D eigenvalue weighted by molar-refractivity contribution is 5.59. The van der Waals surface area contributed by atoms with Crippen LogP contribution in [0.3, 0.4) is 0 Å². The molecule has 2 aromatic rings. The van der Waals surface area contributed by atoms with E-state index in [1.807, 2.05) is 12.1 Å². The first-order valence-corrected chi connectivity index (χ1v) is 13.8. The SMILES string of the molecule is CCCCCCCC1CCC(CCc2ccc(-c3ccc(OCCCCC)cc3)nn2)CC1. The lowest BCUT2D eigenvalue weighted by Gasteiger charge is -2.28. The van der Waals surface area contributed by atoms with Gasteiger partial charge in [0.15, 0.2) is 0 Å². The minimum atomic E-state index is 0.794. The molecule has 0 atom stereocenters. The van der Waals surface area contributed by atoms with Gasteiger partial charge in [0, 0.05) is 5.56 Å². The summed E-state index contributed by atoms with van der Waals surface area (Å²) < 4.78 is 5.81. The molecule has 0 unspecified atom stereocenters. The van der Waals surface area contributed by atoms with Crippen LogP contribution in [0.15, 0.2) is 36.4 Å². The Hall–Kier alpha value is -1.90. The Labute approximate surface area is 202 Å². The molecular formula is C30H46N2O. The van der Waals surface area contributed by atoms with Crippen LogP contribution in [0.1, 0.15) is 109 Å². The summed E-state index contributed by atoms with van der Waals surface area (Å²) in [6, 6.07) is 12.5. The fraction of sp³-hybridized carbons (Fsp3) is 0.667. The molecule has 1 aromatic heterocycles. The Morgan fingerprint density at radius 2 is 1.36 bits per heavy atom. The lowest BCUT2D eigenvalue weighted by Crippen LogP contribution is -2.15. The molecule has 1 saturated carbocycles. The first kappa shape index (κ1) is 25.7. The third-order valence-corrected chi connectivity index (χ3v) is 7.38. The van der Waals surface area contributed by atoms with Crippen LogP contribution in [0.5, 0.6) is 5.75 Å². The Morgan fingerprint density at radius 3 is 2.03 bits per heavy atom. The van der Waals surface area contributed by atoms with Crippen molar-refractivity contribution in [3.63, 3.8) is 0 Å². The zero-order valence-electron chi connectivity index (χ0n) is 21.2. The molecule has 0 amide bonds. The molecule has 0 spiro atoms. The van der Waals surface area contributed by atoms with Crippen LogP contribution in [0, 0.1) is 11.8 Å². The number of aryl methyl sites for hydroxylation is 1. The summed E-state index contributed by atoms with van der Waals surface area (Å²) in [5.41, 5.74) is 3.17. The van der Waals surface area contributed by atoms with E-state index >= 15 is 0 Å². The lowest BCUT2D eigenvalue weighted by molar-refractivity contribution is 0.248. The van der Waals surface area contributed by atoms with Crippen LogP contribution >= 0.6 is 0 Å². The van der Waals surface area contributed by atoms with Gasteiger partial charge in [0.2, 0.25) is 0 Å². The Morgan fingerprint density at radius 1 is 0.697 bits per heavy atom. The second-order valence-corrected chi connectivity index (χ2v) is 10.1. The number of aromatic nitrogens is 2. The number of nitrogens with zero attached hydrogens (tertiary/aromatic N) is 2. The minimum absolute atomic E-state index is 0.794. The summed E-state index contributed by atoms with van der Waals surface area (Å²) >= 11 is 0. The molecule has 0 bridgehead atoms. The van der Waals surface area contributed by atoms with E-state index in [4.69, 9.17) is 4.74 Å². The number of benzene rings is 1. The maximum Gasteiger partial charge on any atom is 0.119 e. The van der Waals surface area contributed by atoms with Gasteiger partial charge in [0.05, 0.1) is 18.0 Å². The second kappa shape index (κ2) is 15.1. The van der Waals surface area contributed by atoms with Crippen LogP contribution in [0.25, 0.3) is 11.3 Å². The number of unbranched alkanes of at least 4 members (excludes halogenated alkanes) is 6. The van der Waals surface area contributed by atoms with Crippen molar-refractivity contribution in [2.24, 2.45) is 11.8 Å². The van der Waals surface area contributed by atoms with Gasteiger partial charge < -0.3 is 4.74 Å². The number of rotatable bonds is 15. The van der Waals surface area contributed by atoms with Gasteiger partial charge in [0.25, 0.3) is 0 Å². The fourth-order valence-electron chi connectivity index (χ4n) is 5.11. The molecule has 1 aromatic carbocycles. The molecule has 0 radical (unpaired) electrons. The van der Waals surface area contributed by atoms with Gasteiger partial charge >= 0.3 is 0 Å². The molecule has 3 nitrogen and oxygen atoms in total. The van der Waals surface area contributed by atoms with Gasteiger partial charge in [-0.25, -0.2) is 0 Å². The van der Waals surface area contributed by atoms with Gasteiger partial charge in [-0.1, -0.05) is 90.9 Å². The van der Waals surface area contributed by atoms with Gasteiger partial charge in [-0.05, 0) is 67.5 Å². The van der Waals surface area contributed by atoms with Crippen LogP contribution in [0.4, 0.5) is 0 Å². The first-order chi connectivity index (χ1) is 16.3. The Balaban J connectivity index is 1.35. The molecule has 33 heavy (non-hydrogen) atoms. The first-order valence-electron chi connectivity index (χ1n) is 13.8. The van der Waals surface area contributed by atoms with Crippen LogP contribution in [-0.4, -0.2) is 16.8 Å². The summed E-state index contributed by atoms with van der Waals surface area (Å²) in [7, 11) is 0. The average molecular weight is 451 g/mol. The molecule has 1 aliphatic carbocycles. The monoisotopic (exact) mass is 450 g/mol. The largest absolute Gasteiger partial charge is 0.494 e. The maximum absolute atomic E-state index is 5.81. The van der Waals surface area contributed by atoms with Gasteiger partial charge in [0.1, 0.15) is 5.75 Å². The van der Waals surface area contributed by atoms with Crippen molar-refractivity contribution in [1.82, 2.24) is 10.2 Å². The molecule has 1 heterocycles. The van der Waals surface area contributed by atoms with Crippen molar-refractivity contribution >= 4 is 0 Å². The molecule has 0 saturated heterocycles. The second-order valence-electron chi connectivity index (χ2n) is 10.1. The zero-order chi connectivity index (χ0) is 23.1. The van der Waals surface area contributed by atoms with Gasteiger partial charge in [-0.15, -0.1) is 0 Å². The quantitative estimate of drug-likeness (QED) is 0.254. The van der Waals surface area contributed by atoms with Crippen LogP contribution in [-0.2, 0) is 6.42 Å². The molecule has 182 valence electrons. The van der Waals surface area contributed by atoms with Gasteiger partial charge in [-0.2, -0.15) is 10.2 Å². The van der Waals surface area contributed by atoms with E-state index in [9.17, 15) is 0 Å². The molecule has 3 heteroatoms. The third kappa shape index (κ3) is 9.47. The van der Waals surface area contributed by atoms with E-state index in [0.717, 1.165) is 54.0 Å². The Kier molecular flexibility index (Phi) is 11.8. The van der Waals surface area contributed by atoms with Crippen molar-refractivity contribution in [1.29, 1.82) is 0 Å². The van der Waals surface area contributed by atoms with Crippen LogP contribution in [0.2, 0.25) is 0 Å². The number of hydrogen-bond acceptors (Lipinski definition) is 3. The summed E-state index contributed by atoms with van der Waals surface area (Å²) in [5, 5.41) is 9.04. The topological polar surface area (TPSA) is 35.0 Å². The number of hydrogen-bond donors (Lipinski definition) is 0. The highest BCUT2D eigenvalue weighted by atomic mass is 16.5. The highest BCUT2D eigenvalue weighted by Crippen LogP contribution is 2.34. The van der Waals surface area contributed by atoms with Crippen molar-refractivity contribution in [3.8, 4) is 17.0 Å². The summed E-state index contributed by atoms with van der Waals surface area (Å²) in [6.07, 6.45) is 20.2. The molecule has 1 fully saturated rings. The lowest BCUT2D eigenvalue weighted by atomic mass is 9.78. The summed E-state index contributed by atoms with van der Waals surface area (Å²) in [6.45, 7) is 5.30. The summed E-state index contributed by atoms with van der Waals surface area (Å²) in [5.74, 6) is 2.81. The smallest absolute Gasteiger partial charge is 0.119 e. The van der Waals surface area contributed by atoms with Crippen molar-refractivity contribution in [2.45, 2.75) is 110 Å². The van der Waals surface area contributed by atoms with E-state index in [0.29, 0.717) is 0 Å². The van der Waals surface area contributed by atoms with E-state index < -0.39 is 0 Å². The van der Waals surface area contributed by atoms with E-state index in [1.54, 1.807) is 0 Å². The predicted molar refractivity (Wildman–Crippen MR) is 140 cm³/mol. The highest BCUT2D eigenvalue weighted by Gasteiger charge is 2.20. The van der Waals surface area contributed by atoms with Gasteiger partial charge in [-0.3, -0.25) is 0 Å². The standard InChI is InChI=1S/C30H46N2O/c1-3-5-7-8-9-11-25-12-14-26(15-13-25)16-19-28-20-23-30(32-31-28)27-17-21-29(22-18-27)33-24-10-6-4-2/h17-18,20-23,25-26H,3-16,19,24H2,1-2H3. The van der Waals surface area contributed by atoms with Crippen molar-refractivity contribution in [3.05, 3.63) is 42.1 Å². The normalized spacial score (nSPS) is 18.4. The molecule has 3 rings (SSSR count). The van der Waals surface area contributed by atoms with Crippen molar-refractivity contribution in [2.75, 3.05) is 6.61 Å². The minimum Gasteiger partial charge on any atom is -0.494 e. The molecule has 0 N–H and O–H groups in total. The van der Waals surface area contributed by atoms with E-state index in [1.165, 1.54) is 83.5 Å². The number of ether oxygens (including phenoxy) is 1. The van der Waals surface area contributed by atoms with E-state index in [2.05, 4.69) is 48.3 Å². The average Bonchev–Trinajstić information content (AvgIpc) is 2.87. The van der Waals surface area contributed by atoms with E-state index in [-0.39, 0.29) is 0 Å². The third-order valence-electron chi connectivity index (χ3n) is 7.38.